The van der Waals surface area contributed by atoms with Gasteiger partial charge in [-0.3, -0.25) is 4.90 Å². The van der Waals surface area contributed by atoms with Gasteiger partial charge in [0.05, 0.1) is 6.10 Å². The molecule has 1 atom stereocenters. The van der Waals surface area contributed by atoms with Crippen LogP contribution in [0.4, 0.5) is 5.69 Å². The summed E-state index contributed by atoms with van der Waals surface area (Å²) in [6.45, 7) is 8.62. The molecule has 0 aromatic heterocycles. The zero-order valence-corrected chi connectivity index (χ0v) is 17.4. The van der Waals surface area contributed by atoms with Crippen LogP contribution in [0.3, 0.4) is 0 Å². The van der Waals surface area contributed by atoms with Gasteiger partial charge in [0.2, 0.25) is 0 Å². The molecule has 2 aromatic rings. The summed E-state index contributed by atoms with van der Waals surface area (Å²) >= 11 is 0. The molecular formula is C25H33N3O. The fourth-order valence-electron chi connectivity index (χ4n) is 5.42. The van der Waals surface area contributed by atoms with Gasteiger partial charge in [-0.05, 0) is 49.5 Å². The van der Waals surface area contributed by atoms with E-state index in [-0.39, 0.29) is 0 Å². The van der Waals surface area contributed by atoms with E-state index in [1.54, 1.807) is 5.56 Å². The van der Waals surface area contributed by atoms with E-state index in [0.717, 1.165) is 45.8 Å². The van der Waals surface area contributed by atoms with Crippen LogP contribution in [-0.4, -0.2) is 61.8 Å². The van der Waals surface area contributed by atoms with E-state index in [9.17, 15) is 0 Å². The molecule has 29 heavy (non-hydrogen) atoms. The molecule has 1 unspecified atom stereocenters. The fourth-order valence-corrected chi connectivity index (χ4v) is 5.42. The maximum atomic E-state index is 6.25. The van der Waals surface area contributed by atoms with Crippen LogP contribution >= 0.6 is 0 Å². The average Bonchev–Trinajstić information content (AvgIpc) is 2.96. The Balaban J connectivity index is 1.17. The standard InChI is InChI=1S/C25H33N3O/c1-2-7-21(8-3-1)17-28-13-6-16-29-22(19-28)18-27-14-11-25(12-15-27)20-26-24-10-5-4-9-23(24)25/h1-5,7-10,22,26H,6,11-20H2. The molecule has 5 rings (SSSR count). The molecule has 1 N–H and O–H groups in total. The predicted octanol–water partition coefficient (Wildman–Crippen LogP) is 3.74. The van der Waals surface area contributed by atoms with Gasteiger partial charge in [0.1, 0.15) is 0 Å². The Morgan fingerprint density at radius 2 is 1.72 bits per heavy atom. The number of nitrogens with zero attached hydrogens (tertiary/aromatic N) is 2. The van der Waals surface area contributed by atoms with Crippen LogP contribution in [0.1, 0.15) is 30.4 Å². The third-order valence-corrected chi connectivity index (χ3v) is 7.07. The third kappa shape index (κ3) is 4.20. The summed E-state index contributed by atoms with van der Waals surface area (Å²) in [5, 5.41) is 3.64. The number of hydrogen-bond acceptors (Lipinski definition) is 4. The van der Waals surface area contributed by atoms with Gasteiger partial charge in [0, 0.05) is 50.4 Å². The van der Waals surface area contributed by atoms with Gasteiger partial charge >= 0.3 is 0 Å². The van der Waals surface area contributed by atoms with Crippen LogP contribution in [0, 0.1) is 0 Å². The summed E-state index contributed by atoms with van der Waals surface area (Å²) in [4.78, 5) is 5.22. The average molecular weight is 392 g/mol. The van der Waals surface area contributed by atoms with Gasteiger partial charge in [-0.25, -0.2) is 0 Å². The summed E-state index contributed by atoms with van der Waals surface area (Å²) in [5.74, 6) is 0. The van der Waals surface area contributed by atoms with Gasteiger partial charge in [-0.15, -0.1) is 0 Å². The molecule has 0 bridgehead atoms. The van der Waals surface area contributed by atoms with Gasteiger partial charge in [0.15, 0.2) is 0 Å². The normalized spacial score (nSPS) is 24.8. The summed E-state index contributed by atoms with van der Waals surface area (Å²) in [7, 11) is 0. The van der Waals surface area contributed by atoms with E-state index in [1.165, 1.54) is 37.2 Å². The third-order valence-electron chi connectivity index (χ3n) is 7.07. The molecule has 4 heteroatoms. The number of likely N-dealkylation sites (tertiary alicyclic amines) is 1. The van der Waals surface area contributed by atoms with Crippen LogP contribution in [-0.2, 0) is 16.7 Å². The van der Waals surface area contributed by atoms with Gasteiger partial charge < -0.3 is 15.0 Å². The number of piperidine rings is 1. The number of benzene rings is 2. The van der Waals surface area contributed by atoms with E-state index < -0.39 is 0 Å². The molecule has 2 aromatic carbocycles. The lowest BCUT2D eigenvalue weighted by atomic mass is 9.74. The molecule has 0 aliphatic carbocycles. The number of fused-ring (bicyclic) bond motifs is 2. The summed E-state index contributed by atoms with van der Waals surface area (Å²) in [5.41, 5.74) is 4.64. The van der Waals surface area contributed by atoms with E-state index in [1.807, 2.05) is 0 Å². The lowest BCUT2D eigenvalue weighted by Gasteiger charge is -2.40. The molecule has 3 heterocycles. The second-order valence-corrected chi connectivity index (χ2v) is 9.05. The Hall–Kier alpha value is -1.88. The molecular weight excluding hydrogens is 358 g/mol. The minimum Gasteiger partial charge on any atom is -0.384 e. The van der Waals surface area contributed by atoms with Crippen LogP contribution in [0.5, 0.6) is 0 Å². The molecule has 0 amide bonds. The maximum absolute atomic E-state index is 6.25. The first-order valence-corrected chi connectivity index (χ1v) is 11.2. The van der Waals surface area contributed by atoms with Gasteiger partial charge in [-0.2, -0.15) is 0 Å². The van der Waals surface area contributed by atoms with Gasteiger partial charge in [-0.1, -0.05) is 48.5 Å². The zero-order chi connectivity index (χ0) is 19.5. The van der Waals surface area contributed by atoms with Crippen molar-refractivity contribution in [3.05, 3.63) is 65.7 Å². The Kier molecular flexibility index (Phi) is 5.58. The number of rotatable bonds is 4. The van der Waals surface area contributed by atoms with Crippen molar-refractivity contribution in [1.29, 1.82) is 0 Å². The maximum Gasteiger partial charge on any atom is 0.0828 e. The monoisotopic (exact) mass is 391 g/mol. The molecule has 154 valence electrons. The number of ether oxygens (including phenoxy) is 1. The lowest BCUT2D eigenvalue weighted by Crippen LogP contribution is -2.47. The Morgan fingerprint density at radius 3 is 2.59 bits per heavy atom. The molecule has 4 nitrogen and oxygen atoms in total. The van der Waals surface area contributed by atoms with Crippen LogP contribution in [0.15, 0.2) is 54.6 Å². The van der Waals surface area contributed by atoms with Gasteiger partial charge in [0.25, 0.3) is 0 Å². The molecule has 0 saturated carbocycles. The minimum absolute atomic E-state index is 0.323. The van der Waals surface area contributed by atoms with Crippen molar-refractivity contribution >= 4 is 5.69 Å². The number of nitrogens with one attached hydrogen (secondary N) is 1. The van der Waals surface area contributed by atoms with E-state index in [4.69, 9.17) is 4.74 Å². The summed E-state index contributed by atoms with van der Waals surface area (Å²) in [6, 6.07) is 19.8. The summed E-state index contributed by atoms with van der Waals surface area (Å²) < 4.78 is 6.25. The highest BCUT2D eigenvalue weighted by Gasteiger charge is 2.41. The number of anilines is 1. The topological polar surface area (TPSA) is 27.7 Å². The minimum atomic E-state index is 0.323. The van der Waals surface area contributed by atoms with Crippen molar-refractivity contribution in [1.82, 2.24) is 9.80 Å². The predicted molar refractivity (Wildman–Crippen MR) is 118 cm³/mol. The van der Waals surface area contributed by atoms with Crippen molar-refractivity contribution in [2.24, 2.45) is 0 Å². The first-order valence-electron chi connectivity index (χ1n) is 11.2. The summed E-state index contributed by atoms with van der Waals surface area (Å²) in [6.07, 6.45) is 3.95. The molecule has 3 aliphatic rings. The first kappa shape index (κ1) is 19.1. The zero-order valence-electron chi connectivity index (χ0n) is 17.4. The smallest absolute Gasteiger partial charge is 0.0828 e. The molecule has 2 fully saturated rings. The van der Waals surface area contributed by atoms with E-state index >= 15 is 0 Å². The van der Waals surface area contributed by atoms with Crippen molar-refractivity contribution in [3.63, 3.8) is 0 Å². The SMILES string of the molecule is c1ccc(CN2CCCOC(CN3CCC4(CC3)CNc3ccccc34)C2)cc1. The highest BCUT2D eigenvalue weighted by Crippen LogP contribution is 2.43. The van der Waals surface area contributed by atoms with Crippen LogP contribution < -0.4 is 5.32 Å². The second-order valence-electron chi connectivity index (χ2n) is 9.05. The quantitative estimate of drug-likeness (QED) is 0.859. The van der Waals surface area contributed by atoms with Crippen molar-refractivity contribution in [3.8, 4) is 0 Å². The highest BCUT2D eigenvalue weighted by molar-refractivity contribution is 5.60. The number of hydrogen-bond donors (Lipinski definition) is 1. The molecule has 2 saturated heterocycles. The Morgan fingerprint density at radius 1 is 0.931 bits per heavy atom. The largest absolute Gasteiger partial charge is 0.384 e. The number of para-hydroxylation sites is 1. The van der Waals surface area contributed by atoms with Crippen LogP contribution in [0.25, 0.3) is 0 Å². The Labute approximate surface area is 174 Å². The highest BCUT2D eigenvalue weighted by atomic mass is 16.5. The second kappa shape index (κ2) is 8.47. The van der Waals surface area contributed by atoms with Crippen molar-refractivity contribution in [2.75, 3.05) is 51.2 Å². The van der Waals surface area contributed by atoms with E-state index in [2.05, 4.69) is 69.7 Å². The molecule has 1 spiro atoms. The molecule has 0 radical (unpaired) electrons. The fraction of sp³-hybridized carbons (Fsp3) is 0.520. The Bertz CT molecular complexity index is 801. The van der Waals surface area contributed by atoms with Crippen molar-refractivity contribution < 1.29 is 4.74 Å². The van der Waals surface area contributed by atoms with Crippen molar-refractivity contribution in [2.45, 2.75) is 37.3 Å². The van der Waals surface area contributed by atoms with E-state index in [0.29, 0.717) is 11.5 Å². The molecule has 3 aliphatic heterocycles. The first-order chi connectivity index (χ1) is 14.3. The van der Waals surface area contributed by atoms with Crippen LogP contribution in [0.2, 0.25) is 0 Å². The lowest BCUT2D eigenvalue weighted by molar-refractivity contribution is 0.0163.